The monoisotopic (exact) mass is 627 g/mol. The molecule has 1 aromatic heterocycles. The number of nitrogens with one attached hydrogen (secondary N) is 1. The van der Waals surface area contributed by atoms with Crippen LogP contribution in [-0.2, 0) is 22.8 Å². The van der Waals surface area contributed by atoms with Crippen LogP contribution in [0.5, 0.6) is 5.75 Å². The molecule has 0 aliphatic heterocycles. The molecule has 0 unspecified atom stereocenters. The van der Waals surface area contributed by atoms with Crippen molar-refractivity contribution >= 4 is 27.3 Å². The number of alkyl halides is 5. The highest BCUT2D eigenvalue weighted by atomic mass is 35.5. The maximum absolute atomic E-state index is 13.4. The van der Waals surface area contributed by atoms with Gasteiger partial charge in [0.2, 0.25) is 0 Å². The fourth-order valence-corrected chi connectivity index (χ4v) is 6.83. The molecule has 7 nitrogen and oxygen atoms in total. The number of nitrogens with zero attached hydrogens (tertiary/aromatic N) is 2. The van der Waals surface area contributed by atoms with Crippen LogP contribution >= 0.6 is 11.6 Å². The number of benzene rings is 1. The topological polar surface area (TPSA) is 90.3 Å². The number of carbonyl (C=O) groups is 1. The molecule has 0 radical (unpaired) electrons. The number of halogens is 6. The van der Waals surface area contributed by atoms with E-state index < -0.39 is 40.4 Å². The van der Waals surface area contributed by atoms with Crippen LogP contribution in [0.3, 0.4) is 0 Å². The van der Waals surface area contributed by atoms with Crippen molar-refractivity contribution in [1.29, 1.82) is 0 Å². The molecule has 0 bridgehead atoms. The zero-order valence-electron chi connectivity index (χ0n) is 23.3. The number of hydrogen-bond donors (Lipinski definition) is 1. The van der Waals surface area contributed by atoms with Crippen molar-refractivity contribution in [3.63, 3.8) is 0 Å². The molecule has 230 valence electrons. The van der Waals surface area contributed by atoms with Crippen molar-refractivity contribution in [1.82, 2.24) is 15.1 Å². The van der Waals surface area contributed by atoms with Crippen LogP contribution in [0.1, 0.15) is 68.9 Å². The van der Waals surface area contributed by atoms with Crippen molar-refractivity contribution in [2.75, 3.05) is 12.8 Å². The van der Waals surface area contributed by atoms with Gasteiger partial charge in [-0.25, -0.2) is 8.42 Å². The first-order chi connectivity index (χ1) is 18.9. The lowest BCUT2D eigenvalue weighted by atomic mass is 9.82. The SMILES string of the molecule is CCn1nc(C(=O)NC[C@H]2CC[C@H](S(C)(=O)=O)CC2)c(Cl)c1-c1ccc(CC(C)(C)CC(F)(F)F)cc1OC(F)F. The Bertz CT molecular complexity index is 1340. The summed E-state index contributed by atoms with van der Waals surface area (Å²) in [5, 5.41) is 6.60. The molecule has 3 rings (SSSR count). The smallest absolute Gasteiger partial charge is 0.389 e. The first-order valence-electron chi connectivity index (χ1n) is 13.3. The summed E-state index contributed by atoms with van der Waals surface area (Å²) in [5.41, 5.74) is -0.683. The number of sulfone groups is 1. The van der Waals surface area contributed by atoms with Gasteiger partial charge in [0.05, 0.1) is 16.0 Å². The largest absolute Gasteiger partial charge is 0.434 e. The Morgan fingerprint density at radius 2 is 1.83 bits per heavy atom. The standard InChI is InChI=1S/C27H35ClF5N3O4S/c1-5-36-23(19-11-8-17(12-20(19)40-25(29)30)13-26(2,3)15-27(31,32)33)21(28)22(35-36)24(37)34-14-16-6-9-18(10-7-16)41(4,38)39/h8,11-12,16,18,25H,5-7,9-10,13-15H2,1-4H3,(H,34,37)/t16-,18-. The van der Waals surface area contributed by atoms with Gasteiger partial charge in [-0.3, -0.25) is 9.48 Å². The maximum atomic E-state index is 13.4. The van der Waals surface area contributed by atoms with Crippen LogP contribution in [0.4, 0.5) is 22.0 Å². The molecule has 0 atom stereocenters. The van der Waals surface area contributed by atoms with Crippen LogP contribution in [0, 0.1) is 11.3 Å². The van der Waals surface area contributed by atoms with Crippen molar-refractivity contribution in [3.8, 4) is 17.0 Å². The summed E-state index contributed by atoms with van der Waals surface area (Å²) in [6, 6.07) is 4.20. The van der Waals surface area contributed by atoms with Crippen molar-refractivity contribution in [2.24, 2.45) is 11.3 Å². The molecule has 1 heterocycles. The Labute approximate surface area is 241 Å². The van der Waals surface area contributed by atoms with E-state index in [1.54, 1.807) is 6.92 Å². The van der Waals surface area contributed by atoms with Gasteiger partial charge < -0.3 is 10.1 Å². The first-order valence-corrected chi connectivity index (χ1v) is 15.6. The van der Waals surface area contributed by atoms with Crippen molar-refractivity contribution in [3.05, 3.63) is 34.5 Å². The summed E-state index contributed by atoms with van der Waals surface area (Å²) in [6.45, 7) is 1.90. The zero-order valence-corrected chi connectivity index (χ0v) is 24.9. The summed E-state index contributed by atoms with van der Waals surface area (Å²) < 4.78 is 95.4. The van der Waals surface area contributed by atoms with E-state index in [0.717, 1.165) is 0 Å². The first kappa shape index (κ1) is 33.1. The van der Waals surface area contributed by atoms with Gasteiger partial charge in [0.1, 0.15) is 15.6 Å². The van der Waals surface area contributed by atoms with E-state index >= 15 is 0 Å². The van der Waals surface area contributed by atoms with Crippen LogP contribution < -0.4 is 10.1 Å². The Morgan fingerprint density at radius 3 is 2.37 bits per heavy atom. The molecule has 0 spiro atoms. The second kappa shape index (κ2) is 12.8. The summed E-state index contributed by atoms with van der Waals surface area (Å²) in [4.78, 5) is 13.0. The Morgan fingerprint density at radius 1 is 1.20 bits per heavy atom. The Balaban J connectivity index is 1.84. The third kappa shape index (κ3) is 9.04. The van der Waals surface area contributed by atoms with Gasteiger partial charge >= 0.3 is 12.8 Å². The molecule has 1 N–H and O–H groups in total. The average molecular weight is 628 g/mol. The van der Waals surface area contributed by atoms with Gasteiger partial charge in [-0.1, -0.05) is 31.5 Å². The molecule has 1 saturated carbocycles. The molecular weight excluding hydrogens is 593 g/mol. The van der Waals surface area contributed by atoms with Crippen LogP contribution in [0.25, 0.3) is 11.3 Å². The van der Waals surface area contributed by atoms with E-state index in [2.05, 4.69) is 10.4 Å². The molecule has 1 aliphatic rings. The highest BCUT2D eigenvalue weighted by molar-refractivity contribution is 7.91. The highest BCUT2D eigenvalue weighted by Gasteiger charge is 2.37. The highest BCUT2D eigenvalue weighted by Crippen LogP contribution is 2.41. The van der Waals surface area contributed by atoms with Gasteiger partial charge in [0.25, 0.3) is 5.91 Å². The van der Waals surface area contributed by atoms with Gasteiger partial charge in [0.15, 0.2) is 5.69 Å². The quantitative estimate of drug-likeness (QED) is 0.281. The van der Waals surface area contributed by atoms with Crippen molar-refractivity contribution < 1.29 is 39.9 Å². The Kier molecular flexibility index (Phi) is 10.4. The minimum absolute atomic E-state index is 0.0487. The third-order valence-electron chi connectivity index (χ3n) is 7.24. The van der Waals surface area contributed by atoms with Crippen LogP contribution in [0.15, 0.2) is 18.2 Å². The number of aromatic nitrogens is 2. The second-order valence-electron chi connectivity index (χ2n) is 11.4. The lowest BCUT2D eigenvalue weighted by Gasteiger charge is -2.27. The van der Waals surface area contributed by atoms with Crippen molar-refractivity contribution in [2.45, 2.75) is 83.9 Å². The summed E-state index contributed by atoms with van der Waals surface area (Å²) in [5.74, 6) is -0.786. The molecule has 0 saturated heterocycles. The molecule has 14 heteroatoms. The van der Waals surface area contributed by atoms with E-state index in [-0.39, 0.29) is 51.9 Å². The van der Waals surface area contributed by atoms with E-state index in [4.69, 9.17) is 16.3 Å². The number of rotatable bonds is 11. The normalized spacial score (nSPS) is 18.5. The van der Waals surface area contributed by atoms with E-state index in [0.29, 0.717) is 37.8 Å². The van der Waals surface area contributed by atoms with Gasteiger partial charge in [-0.15, -0.1) is 0 Å². The minimum Gasteiger partial charge on any atom is -0.434 e. The predicted octanol–water partition coefficient (Wildman–Crippen LogP) is 6.68. The summed E-state index contributed by atoms with van der Waals surface area (Å²) in [6.07, 6.45) is -1.95. The number of aryl methyl sites for hydroxylation is 1. The number of ether oxygens (including phenoxy) is 1. The second-order valence-corrected chi connectivity index (χ2v) is 14.1. The third-order valence-corrected chi connectivity index (χ3v) is 9.28. The van der Waals surface area contributed by atoms with E-state index in [1.807, 2.05) is 0 Å². The fraction of sp³-hybridized carbons (Fsp3) is 0.630. The van der Waals surface area contributed by atoms with Gasteiger partial charge in [-0.2, -0.15) is 27.1 Å². The fourth-order valence-electron chi connectivity index (χ4n) is 5.38. The number of amides is 1. The summed E-state index contributed by atoms with van der Waals surface area (Å²) in [7, 11) is -3.11. The zero-order chi connectivity index (χ0) is 30.8. The van der Waals surface area contributed by atoms with E-state index in [1.165, 1.54) is 43.0 Å². The molecular formula is C27H35ClF5N3O4S. The number of carbonyl (C=O) groups excluding carboxylic acids is 1. The van der Waals surface area contributed by atoms with Gasteiger partial charge in [-0.05, 0) is 68.1 Å². The molecule has 1 amide bonds. The number of hydrogen-bond acceptors (Lipinski definition) is 5. The molecule has 2 aromatic rings. The average Bonchev–Trinajstić information content (AvgIpc) is 3.16. The predicted molar refractivity (Wildman–Crippen MR) is 146 cm³/mol. The van der Waals surface area contributed by atoms with Crippen LogP contribution in [-0.4, -0.2) is 54.9 Å². The molecule has 1 aliphatic carbocycles. The molecule has 1 aromatic carbocycles. The lowest BCUT2D eigenvalue weighted by Crippen LogP contribution is -2.34. The van der Waals surface area contributed by atoms with Crippen LogP contribution in [0.2, 0.25) is 5.02 Å². The summed E-state index contributed by atoms with van der Waals surface area (Å²) >= 11 is 6.58. The molecule has 1 fully saturated rings. The maximum Gasteiger partial charge on any atom is 0.389 e. The van der Waals surface area contributed by atoms with E-state index in [9.17, 15) is 35.2 Å². The molecule has 41 heavy (non-hydrogen) atoms. The Hall–Kier alpha value is -2.41. The lowest BCUT2D eigenvalue weighted by molar-refractivity contribution is -0.154. The van der Waals surface area contributed by atoms with Gasteiger partial charge in [0, 0.05) is 31.3 Å². The minimum atomic E-state index is -4.39.